The van der Waals surface area contributed by atoms with Crippen molar-refractivity contribution in [1.82, 2.24) is 5.32 Å². The Kier molecular flexibility index (Phi) is 7.97. The van der Waals surface area contributed by atoms with Gasteiger partial charge in [-0.1, -0.05) is 69.1 Å². The highest BCUT2D eigenvalue weighted by atomic mass is 35.5. The Labute approximate surface area is 183 Å². The predicted molar refractivity (Wildman–Crippen MR) is 119 cm³/mol. The van der Waals surface area contributed by atoms with Crippen LogP contribution < -0.4 is 9.62 Å². The van der Waals surface area contributed by atoms with Gasteiger partial charge in [0, 0.05) is 11.1 Å². The van der Waals surface area contributed by atoms with Crippen molar-refractivity contribution in [1.29, 1.82) is 0 Å². The molecular formula is C21H26Cl2N2O3S. The molecule has 8 heteroatoms. The van der Waals surface area contributed by atoms with E-state index in [1.54, 1.807) is 24.3 Å². The third-order valence-corrected chi connectivity index (χ3v) is 6.89. The first-order chi connectivity index (χ1) is 13.5. The number of benzene rings is 2. The Balaban J connectivity index is 2.46. The summed E-state index contributed by atoms with van der Waals surface area (Å²) in [5, 5.41) is 3.46. The number of sulfonamides is 1. The molecule has 2 rings (SSSR count). The van der Waals surface area contributed by atoms with Crippen LogP contribution in [0.1, 0.15) is 27.7 Å². The molecule has 29 heavy (non-hydrogen) atoms. The number of anilines is 1. The van der Waals surface area contributed by atoms with Crippen molar-refractivity contribution in [2.75, 3.05) is 10.8 Å². The number of nitrogens with zero attached hydrogens (tertiary/aromatic N) is 1. The molecule has 0 saturated carbocycles. The van der Waals surface area contributed by atoms with Crippen LogP contribution in [0.25, 0.3) is 0 Å². The lowest BCUT2D eigenvalue weighted by Gasteiger charge is -2.29. The molecule has 2 aromatic carbocycles. The second kappa shape index (κ2) is 9.83. The fraction of sp³-hybridized carbons (Fsp3) is 0.381. The van der Waals surface area contributed by atoms with E-state index < -0.39 is 22.5 Å². The second-order valence-electron chi connectivity index (χ2n) is 7.50. The summed E-state index contributed by atoms with van der Waals surface area (Å²) in [4.78, 5) is 12.9. The molecule has 0 atom stereocenters. The fourth-order valence-electron chi connectivity index (χ4n) is 3.16. The van der Waals surface area contributed by atoms with E-state index in [0.717, 1.165) is 4.31 Å². The summed E-state index contributed by atoms with van der Waals surface area (Å²) < 4.78 is 27.7. The first-order valence-corrected chi connectivity index (χ1v) is 11.6. The maximum atomic E-state index is 13.3. The van der Waals surface area contributed by atoms with E-state index in [0.29, 0.717) is 5.02 Å². The number of hydrogen-bond donors (Lipinski definition) is 1. The Morgan fingerprint density at radius 3 is 2.14 bits per heavy atom. The van der Waals surface area contributed by atoms with Gasteiger partial charge in [-0.3, -0.25) is 9.10 Å². The minimum Gasteiger partial charge on any atom is -0.351 e. The molecule has 2 aromatic rings. The van der Waals surface area contributed by atoms with Gasteiger partial charge in [0.05, 0.1) is 15.6 Å². The molecule has 1 N–H and O–H groups in total. The van der Waals surface area contributed by atoms with Crippen LogP contribution in [0.4, 0.5) is 5.69 Å². The van der Waals surface area contributed by atoms with Gasteiger partial charge in [0.25, 0.3) is 10.0 Å². The van der Waals surface area contributed by atoms with Crippen LogP contribution in [0.15, 0.2) is 53.4 Å². The lowest BCUT2D eigenvalue weighted by Crippen LogP contribution is -2.48. The summed E-state index contributed by atoms with van der Waals surface area (Å²) in [6, 6.07) is 12.4. The van der Waals surface area contributed by atoms with Crippen molar-refractivity contribution in [2.45, 2.75) is 38.6 Å². The lowest BCUT2D eigenvalue weighted by molar-refractivity contribution is -0.121. The van der Waals surface area contributed by atoms with Gasteiger partial charge in [0.15, 0.2) is 0 Å². The molecule has 0 aromatic heterocycles. The van der Waals surface area contributed by atoms with E-state index in [9.17, 15) is 13.2 Å². The van der Waals surface area contributed by atoms with Gasteiger partial charge in [-0.15, -0.1) is 0 Å². The van der Waals surface area contributed by atoms with Crippen LogP contribution in [-0.2, 0) is 14.8 Å². The average Bonchev–Trinajstić information content (AvgIpc) is 2.66. The van der Waals surface area contributed by atoms with Crippen molar-refractivity contribution < 1.29 is 13.2 Å². The van der Waals surface area contributed by atoms with E-state index in [1.165, 1.54) is 24.3 Å². The van der Waals surface area contributed by atoms with Crippen LogP contribution in [0.2, 0.25) is 10.0 Å². The van der Waals surface area contributed by atoms with Crippen LogP contribution in [0, 0.1) is 11.8 Å². The van der Waals surface area contributed by atoms with E-state index in [-0.39, 0.29) is 33.5 Å². The third kappa shape index (κ3) is 5.87. The lowest BCUT2D eigenvalue weighted by atomic mass is 9.93. The number of rotatable bonds is 8. The van der Waals surface area contributed by atoms with Gasteiger partial charge in [0.2, 0.25) is 5.91 Å². The zero-order valence-corrected chi connectivity index (χ0v) is 19.2. The maximum absolute atomic E-state index is 13.3. The van der Waals surface area contributed by atoms with Crippen molar-refractivity contribution in [3.8, 4) is 0 Å². The van der Waals surface area contributed by atoms with Gasteiger partial charge in [-0.2, -0.15) is 0 Å². The van der Waals surface area contributed by atoms with Crippen LogP contribution in [0.3, 0.4) is 0 Å². The minimum atomic E-state index is -4.04. The molecule has 0 saturated heterocycles. The van der Waals surface area contributed by atoms with Crippen LogP contribution in [0.5, 0.6) is 0 Å². The highest BCUT2D eigenvalue weighted by Crippen LogP contribution is 2.32. The zero-order valence-electron chi connectivity index (χ0n) is 16.9. The SMILES string of the molecule is CC(C)C(NC(=O)CN(c1cc(Cl)ccc1Cl)S(=O)(=O)c1ccccc1)C(C)C. The van der Waals surface area contributed by atoms with Crippen molar-refractivity contribution >= 4 is 44.8 Å². The number of nitrogens with one attached hydrogen (secondary N) is 1. The minimum absolute atomic E-state index is 0.0631. The van der Waals surface area contributed by atoms with Crippen LogP contribution >= 0.6 is 23.2 Å². The summed E-state index contributed by atoms with van der Waals surface area (Å²) in [6.07, 6.45) is 0. The van der Waals surface area contributed by atoms with Crippen molar-refractivity contribution in [3.05, 3.63) is 58.6 Å². The number of hydrogen-bond acceptors (Lipinski definition) is 3. The summed E-state index contributed by atoms with van der Waals surface area (Å²) >= 11 is 12.4. The number of carbonyl (C=O) groups excluding carboxylic acids is 1. The molecular weight excluding hydrogens is 431 g/mol. The Hall–Kier alpha value is -1.76. The second-order valence-corrected chi connectivity index (χ2v) is 10.2. The molecule has 0 radical (unpaired) electrons. The average molecular weight is 457 g/mol. The zero-order chi connectivity index (χ0) is 21.8. The number of amides is 1. The molecule has 0 fully saturated rings. The number of carbonyl (C=O) groups is 1. The molecule has 0 aliphatic heterocycles. The monoisotopic (exact) mass is 456 g/mol. The van der Waals surface area contributed by atoms with Gasteiger partial charge in [-0.25, -0.2) is 8.42 Å². The topological polar surface area (TPSA) is 66.5 Å². The van der Waals surface area contributed by atoms with E-state index >= 15 is 0 Å². The summed E-state index contributed by atoms with van der Waals surface area (Å²) in [6.45, 7) is 7.64. The van der Waals surface area contributed by atoms with E-state index in [2.05, 4.69) is 5.32 Å². The molecule has 0 spiro atoms. The molecule has 5 nitrogen and oxygen atoms in total. The standard InChI is InChI=1S/C21H26Cl2N2O3S/c1-14(2)21(15(3)4)24-20(26)13-25(19-12-16(22)10-11-18(19)23)29(27,28)17-8-6-5-7-9-17/h5-12,14-15,21H,13H2,1-4H3,(H,24,26). The molecule has 0 unspecified atom stereocenters. The van der Waals surface area contributed by atoms with Gasteiger partial charge in [-0.05, 0) is 42.2 Å². The normalized spacial score (nSPS) is 11.9. The van der Waals surface area contributed by atoms with Crippen molar-refractivity contribution in [3.63, 3.8) is 0 Å². The number of halogens is 2. The van der Waals surface area contributed by atoms with Gasteiger partial charge < -0.3 is 5.32 Å². The summed E-state index contributed by atoms with van der Waals surface area (Å²) in [5.41, 5.74) is 0.156. The predicted octanol–water partition coefficient (Wildman–Crippen LogP) is 4.99. The van der Waals surface area contributed by atoms with Gasteiger partial charge in [0.1, 0.15) is 6.54 Å². The summed E-state index contributed by atoms with van der Waals surface area (Å²) in [7, 11) is -4.04. The fourth-order valence-corrected chi connectivity index (χ4v) is 5.05. The van der Waals surface area contributed by atoms with E-state index in [4.69, 9.17) is 23.2 Å². The first kappa shape index (κ1) is 23.5. The smallest absolute Gasteiger partial charge is 0.264 e. The Morgan fingerprint density at radius 1 is 1.00 bits per heavy atom. The highest BCUT2D eigenvalue weighted by Gasteiger charge is 2.30. The summed E-state index contributed by atoms with van der Waals surface area (Å²) in [5.74, 6) is -0.00581. The largest absolute Gasteiger partial charge is 0.351 e. The molecule has 0 heterocycles. The third-order valence-electron chi connectivity index (χ3n) is 4.56. The molecule has 158 valence electrons. The van der Waals surface area contributed by atoms with E-state index in [1.807, 2.05) is 27.7 Å². The highest BCUT2D eigenvalue weighted by molar-refractivity contribution is 7.92. The quantitative estimate of drug-likeness (QED) is 0.608. The maximum Gasteiger partial charge on any atom is 0.264 e. The van der Waals surface area contributed by atoms with Crippen LogP contribution in [-0.4, -0.2) is 26.9 Å². The Bertz CT molecular complexity index is 940. The van der Waals surface area contributed by atoms with Gasteiger partial charge >= 0.3 is 0 Å². The molecule has 0 bridgehead atoms. The Morgan fingerprint density at radius 2 is 1.59 bits per heavy atom. The molecule has 0 aliphatic rings. The first-order valence-electron chi connectivity index (χ1n) is 9.36. The molecule has 0 aliphatic carbocycles. The van der Waals surface area contributed by atoms with Crippen molar-refractivity contribution in [2.24, 2.45) is 11.8 Å². The molecule has 1 amide bonds.